The van der Waals surface area contributed by atoms with Crippen molar-refractivity contribution in [2.24, 2.45) is 0 Å². The molecule has 3 nitrogen and oxygen atoms in total. The summed E-state index contributed by atoms with van der Waals surface area (Å²) in [7, 11) is 0. The van der Waals surface area contributed by atoms with E-state index >= 15 is 0 Å². The van der Waals surface area contributed by atoms with E-state index in [1.54, 1.807) is 0 Å². The lowest BCUT2D eigenvalue weighted by atomic mass is 10.2. The first-order valence-corrected chi connectivity index (χ1v) is 7.07. The summed E-state index contributed by atoms with van der Waals surface area (Å²) >= 11 is 0. The van der Waals surface area contributed by atoms with Crippen molar-refractivity contribution < 1.29 is 0 Å². The number of benzene rings is 2. The molecule has 0 fully saturated rings. The summed E-state index contributed by atoms with van der Waals surface area (Å²) in [5, 5.41) is 3.47. The molecule has 1 heterocycles. The molecule has 0 bridgehead atoms. The molecule has 1 aromatic heterocycles. The van der Waals surface area contributed by atoms with Gasteiger partial charge in [0.1, 0.15) is 5.82 Å². The number of rotatable bonds is 5. The van der Waals surface area contributed by atoms with E-state index in [0.717, 1.165) is 31.0 Å². The van der Waals surface area contributed by atoms with Crippen molar-refractivity contribution in [3.05, 3.63) is 66.0 Å². The van der Waals surface area contributed by atoms with Crippen LogP contribution in [0.5, 0.6) is 0 Å². The molecule has 0 aliphatic rings. The minimum atomic E-state index is 0.789. The van der Waals surface area contributed by atoms with Crippen LogP contribution in [0.15, 0.2) is 54.6 Å². The highest BCUT2D eigenvalue weighted by atomic mass is 15.1. The third kappa shape index (κ3) is 2.58. The normalized spacial score (nSPS) is 11.1. The number of nitrogens with one attached hydrogen (secondary N) is 1. The highest BCUT2D eigenvalue weighted by Crippen LogP contribution is 2.15. The van der Waals surface area contributed by atoms with Gasteiger partial charge in [0, 0.05) is 13.1 Å². The van der Waals surface area contributed by atoms with Gasteiger partial charge in [-0.3, -0.25) is 0 Å². The average Bonchev–Trinajstić information content (AvgIpc) is 2.86. The van der Waals surface area contributed by atoms with Crippen molar-refractivity contribution >= 4 is 11.0 Å². The van der Waals surface area contributed by atoms with Gasteiger partial charge in [-0.2, -0.15) is 0 Å². The molecule has 0 amide bonds. The maximum atomic E-state index is 4.72. The van der Waals surface area contributed by atoms with Gasteiger partial charge in [-0.05, 0) is 24.6 Å². The van der Waals surface area contributed by atoms with Gasteiger partial charge in [0.2, 0.25) is 0 Å². The van der Waals surface area contributed by atoms with Crippen LogP contribution in [0.3, 0.4) is 0 Å². The van der Waals surface area contributed by atoms with Crippen molar-refractivity contribution in [1.29, 1.82) is 0 Å². The van der Waals surface area contributed by atoms with Crippen molar-refractivity contribution in [2.45, 2.75) is 26.6 Å². The van der Waals surface area contributed by atoms with Crippen LogP contribution in [0, 0.1) is 0 Å². The van der Waals surface area contributed by atoms with E-state index in [9.17, 15) is 0 Å². The van der Waals surface area contributed by atoms with Gasteiger partial charge < -0.3 is 9.88 Å². The zero-order valence-electron chi connectivity index (χ0n) is 11.7. The molecular formula is C17H19N3. The van der Waals surface area contributed by atoms with Crippen LogP contribution in [0.25, 0.3) is 11.0 Å². The van der Waals surface area contributed by atoms with E-state index in [4.69, 9.17) is 4.98 Å². The van der Waals surface area contributed by atoms with Gasteiger partial charge in [0.15, 0.2) is 0 Å². The van der Waals surface area contributed by atoms with Crippen molar-refractivity contribution in [3.8, 4) is 0 Å². The summed E-state index contributed by atoms with van der Waals surface area (Å²) in [6, 6.07) is 18.8. The predicted molar refractivity (Wildman–Crippen MR) is 82.4 cm³/mol. The summed E-state index contributed by atoms with van der Waals surface area (Å²) in [6.07, 6.45) is 0. The lowest BCUT2D eigenvalue weighted by Gasteiger charge is -2.07. The smallest absolute Gasteiger partial charge is 0.123 e. The number of para-hydroxylation sites is 2. The average molecular weight is 265 g/mol. The maximum Gasteiger partial charge on any atom is 0.123 e. The SMILES string of the molecule is CCn1c(CNCc2ccccc2)nc2ccccc21. The number of imidazole rings is 1. The Balaban J connectivity index is 1.74. The van der Waals surface area contributed by atoms with Crippen molar-refractivity contribution in [2.75, 3.05) is 0 Å². The van der Waals surface area contributed by atoms with Crippen LogP contribution >= 0.6 is 0 Å². The Kier molecular flexibility index (Phi) is 3.79. The molecule has 0 unspecified atom stereocenters. The second-order valence-electron chi connectivity index (χ2n) is 4.85. The zero-order valence-corrected chi connectivity index (χ0v) is 11.7. The van der Waals surface area contributed by atoms with Gasteiger partial charge in [-0.1, -0.05) is 42.5 Å². The summed E-state index contributed by atoms with van der Waals surface area (Å²) in [5.41, 5.74) is 3.59. The Hall–Kier alpha value is -2.13. The molecule has 0 saturated carbocycles. The molecule has 0 saturated heterocycles. The topological polar surface area (TPSA) is 29.9 Å². The first kappa shape index (κ1) is 12.9. The molecular weight excluding hydrogens is 246 g/mol. The highest BCUT2D eigenvalue weighted by molar-refractivity contribution is 5.75. The second-order valence-corrected chi connectivity index (χ2v) is 4.85. The van der Waals surface area contributed by atoms with E-state index in [-0.39, 0.29) is 0 Å². The molecule has 1 N–H and O–H groups in total. The van der Waals surface area contributed by atoms with E-state index in [2.05, 4.69) is 59.3 Å². The Labute approximate surface area is 119 Å². The maximum absolute atomic E-state index is 4.72. The first-order valence-electron chi connectivity index (χ1n) is 7.07. The van der Waals surface area contributed by atoms with Gasteiger partial charge in [-0.25, -0.2) is 4.98 Å². The number of hydrogen-bond acceptors (Lipinski definition) is 2. The van der Waals surface area contributed by atoms with Gasteiger partial charge in [-0.15, -0.1) is 0 Å². The number of aryl methyl sites for hydroxylation is 1. The Morgan fingerprint density at radius 2 is 1.70 bits per heavy atom. The fourth-order valence-electron chi connectivity index (χ4n) is 2.53. The molecule has 0 spiro atoms. The monoisotopic (exact) mass is 265 g/mol. The van der Waals surface area contributed by atoms with Gasteiger partial charge in [0.05, 0.1) is 17.6 Å². The van der Waals surface area contributed by atoms with Crippen LogP contribution in [-0.2, 0) is 19.6 Å². The van der Waals surface area contributed by atoms with Gasteiger partial charge >= 0.3 is 0 Å². The molecule has 0 aliphatic carbocycles. The molecule has 0 aliphatic heterocycles. The minimum absolute atomic E-state index is 0.789. The van der Waals surface area contributed by atoms with Crippen molar-refractivity contribution in [3.63, 3.8) is 0 Å². The van der Waals surface area contributed by atoms with Crippen LogP contribution in [0.1, 0.15) is 18.3 Å². The Bertz CT molecular complexity index is 686. The summed E-state index contributed by atoms with van der Waals surface area (Å²) in [6.45, 7) is 4.77. The van der Waals surface area contributed by atoms with E-state index in [1.807, 2.05) is 12.1 Å². The van der Waals surface area contributed by atoms with Crippen LogP contribution in [0.2, 0.25) is 0 Å². The number of aromatic nitrogens is 2. The molecule has 3 aromatic rings. The third-order valence-corrected chi connectivity index (χ3v) is 3.50. The molecule has 3 rings (SSSR count). The standard InChI is InChI=1S/C17H19N3/c1-2-20-16-11-7-6-10-15(16)19-17(20)13-18-12-14-8-4-3-5-9-14/h3-11,18H,2,12-13H2,1H3. The van der Waals surface area contributed by atoms with Gasteiger partial charge in [0.25, 0.3) is 0 Å². The quantitative estimate of drug-likeness (QED) is 0.766. The third-order valence-electron chi connectivity index (χ3n) is 3.50. The largest absolute Gasteiger partial charge is 0.327 e. The zero-order chi connectivity index (χ0) is 13.8. The summed E-state index contributed by atoms with van der Waals surface area (Å²) in [5.74, 6) is 1.10. The molecule has 20 heavy (non-hydrogen) atoms. The highest BCUT2D eigenvalue weighted by Gasteiger charge is 2.08. The number of hydrogen-bond donors (Lipinski definition) is 1. The fraction of sp³-hybridized carbons (Fsp3) is 0.235. The molecule has 0 atom stereocenters. The number of fused-ring (bicyclic) bond motifs is 1. The first-order chi connectivity index (χ1) is 9.88. The fourth-order valence-corrected chi connectivity index (χ4v) is 2.53. The second kappa shape index (κ2) is 5.88. The molecule has 0 radical (unpaired) electrons. The Morgan fingerprint density at radius 3 is 2.50 bits per heavy atom. The summed E-state index contributed by atoms with van der Waals surface area (Å²) in [4.78, 5) is 4.72. The van der Waals surface area contributed by atoms with E-state index in [0.29, 0.717) is 0 Å². The minimum Gasteiger partial charge on any atom is -0.327 e. The lowest BCUT2D eigenvalue weighted by molar-refractivity contribution is 0.621. The molecule has 3 heteroatoms. The van der Waals surface area contributed by atoms with Crippen LogP contribution in [0.4, 0.5) is 0 Å². The molecule has 2 aromatic carbocycles. The molecule has 102 valence electrons. The lowest BCUT2D eigenvalue weighted by Crippen LogP contribution is -2.16. The van der Waals surface area contributed by atoms with Crippen LogP contribution in [-0.4, -0.2) is 9.55 Å². The summed E-state index contributed by atoms with van der Waals surface area (Å²) < 4.78 is 2.27. The van der Waals surface area contributed by atoms with Crippen LogP contribution < -0.4 is 5.32 Å². The van der Waals surface area contributed by atoms with Crippen molar-refractivity contribution in [1.82, 2.24) is 14.9 Å². The Morgan fingerprint density at radius 1 is 0.950 bits per heavy atom. The van der Waals surface area contributed by atoms with E-state index < -0.39 is 0 Å². The van der Waals surface area contributed by atoms with E-state index in [1.165, 1.54) is 11.1 Å². The predicted octanol–water partition coefficient (Wildman–Crippen LogP) is 3.35. The number of nitrogens with zero attached hydrogens (tertiary/aromatic N) is 2.